The van der Waals surface area contributed by atoms with Gasteiger partial charge in [-0.2, -0.15) is 13.2 Å². The Morgan fingerprint density at radius 1 is 1.33 bits per heavy atom. The molecule has 2 rings (SSSR count). The molecule has 0 bridgehead atoms. The molecule has 24 heavy (non-hydrogen) atoms. The lowest BCUT2D eigenvalue weighted by Crippen LogP contribution is -2.29. The summed E-state index contributed by atoms with van der Waals surface area (Å²) in [6, 6.07) is 3.09. The summed E-state index contributed by atoms with van der Waals surface area (Å²) in [5.41, 5.74) is -1.47. The lowest BCUT2D eigenvalue weighted by Gasteiger charge is -2.14. The number of anilines is 1. The van der Waals surface area contributed by atoms with E-state index in [0.717, 1.165) is 18.6 Å². The van der Waals surface area contributed by atoms with Crippen LogP contribution < -0.4 is 10.6 Å². The average molecular weight is 345 g/mol. The number of hydrogen-bond acceptors (Lipinski definition) is 3. The average Bonchev–Trinajstić information content (AvgIpc) is 2.94. The van der Waals surface area contributed by atoms with Crippen molar-refractivity contribution in [2.24, 2.45) is 0 Å². The molecule has 0 unspecified atom stereocenters. The minimum atomic E-state index is -4.79. The molecule has 130 valence electrons. The Morgan fingerprint density at radius 2 is 2.08 bits per heavy atom. The van der Waals surface area contributed by atoms with Crippen LogP contribution in [0.25, 0.3) is 0 Å². The Kier molecular flexibility index (Phi) is 5.42. The molecule has 1 aromatic heterocycles. The summed E-state index contributed by atoms with van der Waals surface area (Å²) in [7, 11) is 0. The van der Waals surface area contributed by atoms with Gasteiger partial charge in [-0.1, -0.05) is 24.6 Å². The Bertz CT molecular complexity index is 713. The summed E-state index contributed by atoms with van der Waals surface area (Å²) in [4.78, 5) is 11.7. The summed E-state index contributed by atoms with van der Waals surface area (Å²) in [6.07, 6.45) is -3.21. The Morgan fingerprint density at radius 3 is 2.75 bits per heavy atom. The number of halogens is 4. The van der Waals surface area contributed by atoms with Gasteiger partial charge in [-0.25, -0.2) is 9.18 Å². The molecule has 9 heteroatoms. The molecule has 2 aromatic rings. The first kappa shape index (κ1) is 17.8. The highest BCUT2D eigenvalue weighted by Gasteiger charge is 2.35. The molecule has 0 radical (unpaired) electrons. The van der Waals surface area contributed by atoms with Gasteiger partial charge in [-0.05, 0) is 18.6 Å². The first-order chi connectivity index (χ1) is 11.3. The lowest BCUT2D eigenvalue weighted by atomic mass is 10.1. The first-order valence-electron chi connectivity index (χ1n) is 7.16. The number of nitrogens with zero attached hydrogens (tertiary/aromatic N) is 1. The van der Waals surface area contributed by atoms with Crippen LogP contribution in [0.5, 0.6) is 0 Å². The normalized spacial score (nSPS) is 11.4. The molecule has 0 aliphatic carbocycles. The first-order valence-corrected chi connectivity index (χ1v) is 7.16. The predicted molar refractivity (Wildman–Crippen MR) is 77.8 cm³/mol. The Hall–Kier alpha value is -2.58. The zero-order valence-corrected chi connectivity index (χ0v) is 12.7. The van der Waals surface area contributed by atoms with Gasteiger partial charge in [-0.15, -0.1) is 0 Å². The van der Waals surface area contributed by atoms with E-state index < -0.39 is 29.3 Å². The van der Waals surface area contributed by atoms with Crippen molar-refractivity contribution in [3.05, 3.63) is 47.1 Å². The van der Waals surface area contributed by atoms with Crippen LogP contribution in [0, 0.1) is 5.82 Å². The SMILES string of the molecule is CCCc1cc(CNC(=O)Nc2c(F)cccc2C(F)(F)F)on1. The monoisotopic (exact) mass is 345 g/mol. The molecule has 0 saturated heterocycles. The van der Waals surface area contributed by atoms with Gasteiger partial charge in [0.25, 0.3) is 0 Å². The number of alkyl halides is 3. The quantitative estimate of drug-likeness (QED) is 0.802. The van der Waals surface area contributed by atoms with E-state index in [4.69, 9.17) is 4.52 Å². The van der Waals surface area contributed by atoms with Gasteiger partial charge >= 0.3 is 12.2 Å². The predicted octanol–water partition coefficient (Wildman–Crippen LogP) is 4.11. The van der Waals surface area contributed by atoms with Crippen LogP contribution in [-0.4, -0.2) is 11.2 Å². The van der Waals surface area contributed by atoms with Gasteiger partial charge in [0.15, 0.2) is 5.76 Å². The van der Waals surface area contributed by atoms with Crippen molar-refractivity contribution in [2.75, 3.05) is 5.32 Å². The molecule has 0 spiro atoms. The molecular weight excluding hydrogens is 330 g/mol. The second kappa shape index (κ2) is 7.33. The maximum atomic E-state index is 13.6. The van der Waals surface area contributed by atoms with E-state index in [0.29, 0.717) is 23.9 Å². The third-order valence-electron chi connectivity index (χ3n) is 3.09. The number of carbonyl (C=O) groups is 1. The highest BCUT2D eigenvalue weighted by molar-refractivity contribution is 5.90. The smallest absolute Gasteiger partial charge is 0.359 e. The second-order valence-electron chi connectivity index (χ2n) is 5.00. The summed E-state index contributed by atoms with van der Waals surface area (Å²) in [5, 5.41) is 7.94. The minimum Gasteiger partial charge on any atom is -0.359 e. The van der Waals surface area contributed by atoms with Gasteiger partial charge in [0.05, 0.1) is 23.5 Å². The Balaban J connectivity index is 2.02. The summed E-state index contributed by atoms with van der Waals surface area (Å²) in [6.45, 7) is 1.88. The largest absolute Gasteiger partial charge is 0.418 e. The number of aryl methyl sites for hydroxylation is 1. The second-order valence-corrected chi connectivity index (χ2v) is 5.00. The molecule has 0 aliphatic heterocycles. The number of benzene rings is 1. The number of para-hydroxylation sites is 1. The zero-order valence-electron chi connectivity index (χ0n) is 12.7. The zero-order chi connectivity index (χ0) is 17.7. The molecular formula is C15H15F4N3O2. The van der Waals surface area contributed by atoms with Crippen LogP contribution in [0.4, 0.5) is 28.0 Å². The van der Waals surface area contributed by atoms with E-state index >= 15 is 0 Å². The Labute approximate surface area is 135 Å². The highest BCUT2D eigenvalue weighted by Crippen LogP contribution is 2.36. The lowest BCUT2D eigenvalue weighted by molar-refractivity contribution is -0.137. The fraction of sp³-hybridized carbons (Fsp3) is 0.333. The standard InChI is InChI=1S/C15H15F4N3O2/c1-2-4-9-7-10(24-22-9)8-20-14(23)21-13-11(15(17,18)19)5-3-6-12(13)16/h3,5-7H,2,4,8H2,1H3,(H2,20,21,23). The van der Waals surface area contributed by atoms with Crippen LogP contribution in [0.1, 0.15) is 30.4 Å². The molecule has 1 aromatic carbocycles. The van der Waals surface area contributed by atoms with Crippen molar-refractivity contribution >= 4 is 11.7 Å². The van der Waals surface area contributed by atoms with Crippen molar-refractivity contribution in [1.82, 2.24) is 10.5 Å². The number of hydrogen-bond donors (Lipinski definition) is 2. The van der Waals surface area contributed by atoms with Crippen LogP contribution in [0.3, 0.4) is 0 Å². The number of amides is 2. The number of urea groups is 1. The molecule has 0 saturated carbocycles. The summed E-state index contributed by atoms with van der Waals surface area (Å²) in [5.74, 6) is -0.831. The third kappa shape index (κ3) is 4.46. The fourth-order valence-electron chi connectivity index (χ4n) is 2.03. The van der Waals surface area contributed by atoms with Crippen LogP contribution in [0.2, 0.25) is 0 Å². The van der Waals surface area contributed by atoms with Crippen LogP contribution in [0.15, 0.2) is 28.8 Å². The van der Waals surface area contributed by atoms with Gasteiger partial charge in [0.1, 0.15) is 5.82 Å². The van der Waals surface area contributed by atoms with Gasteiger partial charge in [-0.3, -0.25) is 0 Å². The minimum absolute atomic E-state index is 0.0850. The van der Waals surface area contributed by atoms with Crippen molar-refractivity contribution in [2.45, 2.75) is 32.5 Å². The van der Waals surface area contributed by atoms with E-state index in [2.05, 4.69) is 10.5 Å². The topological polar surface area (TPSA) is 67.2 Å². The van der Waals surface area contributed by atoms with E-state index in [1.807, 2.05) is 12.2 Å². The van der Waals surface area contributed by atoms with Gasteiger partial charge in [0, 0.05) is 6.07 Å². The number of nitrogens with one attached hydrogen (secondary N) is 2. The summed E-state index contributed by atoms with van der Waals surface area (Å²) >= 11 is 0. The van der Waals surface area contributed by atoms with Gasteiger partial charge < -0.3 is 15.2 Å². The van der Waals surface area contributed by atoms with Crippen molar-refractivity contribution < 1.29 is 26.9 Å². The molecule has 0 atom stereocenters. The molecule has 2 amide bonds. The molecule has 2 N–H and O–H groups in total. The maximum Gasteiger partial charge on any atom is 0.418 e. The molecule has 1 heterocycles. The van der Waals surface area contributed by atoms with E-state index in [1.54, 1.807) is 6.07 Å². The van der Waals surface area contributed by atoms with Crippen LogP contribution in [-0.2, 0) is 19.1 Å². The number of aromatic nitrogens is 1. The number of carbonyl (C=O) groups excluding carboxylic acids is 1. The van der Waals surface area contributed by atoms with Crippen molar-refractivity contribution in [1.29, 1.82) is 0 Å². The third-order valence-corrected chi connectivity index (χ3v) is 3.09. The van der Waals surface area contributed by atoms with Crippen molar-refractivity contribution in [3.8, 4) is 0 Å². The van der Waals surface area contributed by atoms with Crippen LogP contribution >= 0.6 is 0 Å². The highest BCUT2D eigenvalue weighted by atomic mass is 19.4. The molecule has 0 fully saturated rings. The number of rotatable bonds is 5. The van der Waals surface area contributed by atoms with Crippen molar-refractivity contribution in [3.63, 3.8) is 0 Å². The molecule has 5 nitrogen and oxygen atoms in total. The van der Waals surface area contributed by atoms with E-state index in [1.165, 1.54) is 0 Å². The maximum absolute atomic E-state index is 13.6. The van der Waals surface area contributed by atoms with Gasteiger partial charge in [0.2, 0.25) is 0 Å². The summed E-state index contributed by atoms with van der Waals surface area (Å²) < 4.78 is 57.1. The fourth-order valence-corrected chi connectivity index (χ4v) is 2.03. The molecule has 0 aliphatic rings. The van der Waals surface area contributed by atoms with E-state index in [-0.39, 0.29) is 6.54 Å². The van der Waals surface area contributed by atoms with E-state index in [9.17, 15) is 22.4 Å².